The van der Waals surface area contributed by atoms with Crippen molar-refractivity contribution in [1.82, 2.24) is 29.3 Å². The number of hydrogen-bond acceptors (Lipinski definition) is 4. The second kappa shape index (κ2) is 6.69. The van der Waals surface area contributed by atoms with Crippen LogP contribution in [-0.4, -0.2) is 55.5 Å². The Hall–Kier alpha value is -1.66. The molecule has 0 spiro atoms. The molecule has 2 aliphatic heterocycles. The van der Waals surface area contributed by atoms with E-state index >= 15 is 0 Å². The predicted octanol–water partition coefficient (Wildman–Crippen LogP) is 2.20. The van der Waals surface area contributed by atoms with Gasteiger partial charge in [0.2, 0.25) is 0 Å². The average molecular weight is 328 g/mol. The summed E-state index contributed by atoms with van der Waals surface area (Å²) in [5.74, 6) is 2.13. The highest BCUT2D eigenvalue weighted by Gasteiger charge is 2.22. The summed E-state index contributed by atoms with van der Waals surface area (Å²) < 4.78 is 4.54. The molecule has 2 fully saturated rings. The van der Waals surface area contributed by atoms with Crippen molar-refractivity contribution in [3.8, 4) is 0 Å². The summed E-state index contributed by atoms with van der Waals surface area (Å²) in [6.45, 7) is 10.8. The van der Waals surface area contributed by atoms with Crippen LogP contribution in [0.3, 0.4) is 0 Å². The summed E-state index contributed by atoms with van der Waals surface area (Å²) in [4.78, 5) is 4.99. The van der Waals surface area contributed by atoms with E-state index in [0.717, 1.165) is 24.7 Å². The largest absolute Gasteiger partial charge is 0.296 e. The van der Waals surface area contributed by atoms with Crippen molar-refractivity contribution in [2.75, 3.05) is 26.2 Å². The zero-order valence-electron chi connectivity index (χ0n) is 14.9. The van der Waals surface area contributed by atoms with Crippen molar-refractivity contribution in [3.63, 3.8) is 0 Å². The summed E-state index contributed by atoms with van der Waals surface area (Å²) in [5.41, 5.74) is 2.47. The third-order valence-electron chi connectivity index (χ3n) is 5.33. The fraction of sp³-hybridized carbons (Fsp3) is 0.667. The van der Waals surface area contributed by atoms with Crippen LogP contribution in [0.4, 0.5) is 0 Å². The van der Waals surface area contributed by atoms with Gasteiger partial charge in [0.25, 0.3) is 0 Å². The first-order chi connectivity index (χ1) is 11.7. The zero-order valence-corrected chi connectivity index (χ0v) is 14.9. The molecule has 0 amide bonds. The summed E-state index contributed by atoms with van der Waals surface area (Å²) in [7, 11) is 0. The van der Waals surface area contributed by atoms with Crippen LogP contribution in [0.1, 0.15) is 48.7 Å². The maximum atomic E-state index is 4.58. The van der Waals surface area contributed by atoms with Crippen LogP contribution in [-0.2, 0) is 13.1 Å². The van der Waals surface area contributed by atoms with Crippen LogP contribution in [0.25, 0.3) is 0 Å². The van der Waals surface area contributed by atoms with E-state index in [4.69, 9.17) is 0 Å². The zero-order chi connectivity index (χ0) is 16.5. The minimum absolute atomic E-state index is 0.893. The second-order valence-corrected chi connectivity index (χ2v) is 7.24. The molecule has 130 valence electrons. The lowest BCUT2D eigenvalue weighted by molar-refractivity contribution is 0.299. The van der Waals surface area contributed by atoms with E-state index < -0.39 is 0 Å². The molecular formula is C18H28N6. The molecule has 6 nitrogen and oxygen atoms in total. The average Bonchev–Trinajstić information content (AvgIpc) is 3.33. The van der Waals surface area contributed by atoms with E-state index in [-0.39, 0.29) is 0 Å². The molecule has 4 heterocycles. The van der Waals surface area contributed by atoms with Gasteiger partial charge in [-0.25, -0.2) is 4.68 Å². The monoisotopic (exact) mass is 328 g/mol. The summed E-state index contributed by atoms with van der Waals surface area (Å²) >= 11 is 0. The summed E-state index contributed by atoms with van der Waals surface area (Å²) in [5, 5.41) is 9.17. The Balaban J connectivity index is 1.69. The van der Waals surface area contributed by atoms with Gasteiger partial charge in [0.1, 0.15) is 0 Å². The molecule has 2 aromatic heterocycles. The molecule has 24 heavy (non-hydrogen) atoms. The number of likely N-dealkylation sites (tertiary alicyclic amines) is 2. The Morgan fingerprint density at radius 1 is 0.708 bits per heavy atom. The lowest BCUT2D eigenvalue weighted by atomic mass is 10.4. The van der Waals surface area contributed by atoms with Crippen LogP contribution in [0.15, 0.2) is 12.1 Å². The van der Waals surface area contributed by atoms with Crippen molar-refractivity contribution in [2.24, 2.45) is 0 Å². The van der Waals surface area contributed by atoms with Gasteiger partial charge >= 0.3 is 0 Å². The van der Waals surface area contributed by atoms with E-state index in [1.165, 1.54) is 63.3 Å². The van der Waals surface area contributed by atoms with Crippen molar-refractivity contribution in [1.29, 1.82) is 0 Å². The number of nitrogens with zero attached hydrogens (tertiary/aromatic N) is 6. The molecule has 0 N–H and O–H groups in total. The first kappa shape index (κ1) is 15.8. The molecule has 2 saturated heterocycles. The number of aryl methyl sites for hydroxylation is 2. The van der Waals surface area contributed by atoms with Crippen molar-refractivity contribution in [3.05, 3.63) is 35.2 Å². The topological polar surface area (TPSA) is 42.1 Å². The van der Waals surface area contributed by atoms with E-state index in [0.29, 0.717) is 0 Å². The van der Waals surface area contributed by atoms with Gasteiger partial charge in [0.05, 0.1) is 13.1 Å². The highest BCUT2D eigenvalue weighted by Crippen LogP contribution is 2.18. The predicted molar refractivity (Wildman–Crippen MR) is 93.7 cm³/mol. The van der Waals surface area contributed by atoms with Crippen LogP contribution in [0.5, 0.6) is 0 Å². The Kier molecular flexibility index (Phi) is 4.41. The lowest BCUT2D eigenvalue weighted by Crippen LogP contribution is -2.27. The normalized spacial score (nSPS) is 19.6. The maximum absolute atomic E-state index is 4.58. The Bertz CT molecular complexity index is 633. The van der Waals surface area contributed by atoms with Crippen LogP contribution in [0.2, 0.25) is 0 Å². The molecule has 0 atom stereocenters. The molecule has 2 aromatic rings. The minimum Gasteiger partial charge on any atom is -0.296 e. The quantitative estimate of drug-likeness (QED) is 0.844. The highest BCUT2D eigenvalue weighted by atomic mass is 15.5. The van der Waals surface area contributed by atoms with Crippen LogP contribution >= 0.6 is 0 Å². The number of rotatable bonds is 5. The molecule has 0 bridgehead atoms. The molecule has 0 aliphatic carbocycles. The van der Waals surface area contributed by atoms with E-state index in [9.17, 15) is 0 Å². The van der Waals surface area contributed by atoms with Gasteiger partial charge in [0.15, 0.2) is 11.6 Å². The SMILES string of the molecule is Cc1ccc(C)n1-n1c(CN2CCCC2)nnc1CN1CCCC1. The van der Waals surface area contributed by atoms with E-state index in [1.807, 2.05) is 0 Å². The summed E-state index contributed by atoms with van der Waals surface area (Å²) in [6.07, 6.45) is 5.21. The third-order valence-corrected chi connectivity index (χ3v) is 5.33. The highest BCUT2D eigenvalue weighted by molar-refractivity contribution is 5.16. The second-order valence-electron chi connectivity index (χ2n) is 7.24. The maximum Gasteiger partial charge on any atom is 0.167 e. The van der Waals surface area contributed by atoms with E-state index in [2.05, 4.69) is 55.3 Å². The first-order valence-corrected chi connectivity index (χ1v) is 9.26. The van der Waals surface area contributed by atoms with Gasteiger partial charge in [0, 0.05) is 11.4 Å². The van der Waals surface area contributed by atoms with Gasteiger partial charge in [-0.3, -0.25) is 14.5 Å². The fourth-order valence-corrected chi connectivity index (χ4v) is 4.03. The Morgan fingerprint density at radius 2 is 1.12 bits per heavy atom. The smallest absolute Gasteiger partial charge is 0.167 e. The fourth-order valence-electron chi connectivity index (χ4n) is 4.03. The van der Waals surface area contributed by atoms with E-state index in [1.54, 1.807) is 0 Å². The van der Waals surface area contributed by atoms with Crippen LogP contribution < -0.4 is 0 Å². The molecule has 2 aliphatic rings. The first-order valence-electron chi connectivity index (χ1n) is 9.26. The summed E-state index contributed by atoms with van der Waals surface area (Å²) in [6, 6.07) is 4.35. The Morgan fingerprint density at radius 3 is 1.54 bits per heavy atom. The molecule has 0 saturated carbocycles. The van der Waals surface area contributed by atoms with Crippen molar-refractivity contribution < 1.29 is 0 Å². The lowest BCUT2D eigenvalue weighted by Gasteiger charge is -2.21. The minimum atomic E-state index is 0.893. The standard InChI is InChI=1S/C18H28N6/c1-15-7-8-16(2)23(15)24-17(13-21-9-3-4-10-21)19-20-18(24)14-22-11-5-6-12-22/h7-8H,3-6,9-14H2,1-2H3. The number of aromatic nitrogens is 4. The van der Waals surface area contributed by atoms with Crippen molar-refractivity contribution in [2.45, 2.75) is 52.6 Å². The molecular weight excluding hydrogens is 300 g/mol. The Labute approximate surface area is 144 Å². The van der Waals surface area contributed by atoms with Gasteiger partial charge in [-0.05, 0) is 77.8 Å². The molecule has 6 heteroatoms. The molecule has 0 aromatic carbocycles. The van der Waals surface area contributed by atoms with Crippen LogP contribution in [0, 0.1) is 13.8 Å². The van der Waals surface area contributed by atoms with Gasteiger partial charge in [-0.15, -0.1) is 10.2 Å². The number of hydrogen-bond donors (Lipinski definition) is 0. The molecule has 0 unspecified atom stereocenters. The molecule has 4 rings (SSSR count). The van der Waals surface area contributed by atoms with Gasteiger partial charge < -0.3 is 0 Å². The van der Waals surface area contributed by atoms with Crippen molar-refractivity contribution >= 4 is 0 Å². The van der Waals surface area contributed by atoms with Gasteiger partial charge in [-0.2, -0.15) is 0 Å². The third kappa shape index (κ3) is 3.00. The molecule has 0 radical (unpaired) electrons. The van der Waals surface area contributed by atoms with Gasteiger partial charge in [-0.1, -0.05) is 0 Å².